The molecule has 2 aromatic heterocycles. The second-order valence-electron chi connectivity index (χ2n) is 4.68. The number of fused-ring (bicyclic) bond motifs is 1. The number of hydrogen-bond acceptors (Lipinski definition) is 4. The van der Waals surface area contributed by atoms with Gasteiger partial charge in [0, 0.05) is 33.8 Å². The molecule has 2 heterocycles. The third kappa shape index (κ3) is 2.25. The highest BCUT2D eigenvalue weighted by atomic mass is 32.1. The quantitative estimate of drug-likeness (QED) is 0.772. The smallest absolute Gasteiger partial charge is 0.124 e. The van der Waals surface area contributed by atoms with E-state index in [1.165, 1.54) is 0 Å². The maximum Gasteiger partial charge on any atom is 0.124 e. The number of thiazole rings is 1. The summed E-state index contributed by atoms with van der Waals surface area (Å²) in [5, 5.41) is 2.15. The van der Waals surface area contributed by atoms with E-state index in [2.05, 4.69) is 22.1 Å². The van der Waals surface area contributed by atoms with Crippen LogP contribution in [0.1, 0.15) is 23.5 Å². The number of nitrogens with zero attached hydrogens (tertiary/aromatic N) is 2. The summed E-state index contributed by atoms with van der Waals surface area (Å²) in [4.78, 5) is 10.2. The van der Waals surface area contributed by atoms with Crippen LogP contribution in [0, 0.1) is 6.92 Å². The third-order valence-electron chi connectivity index (χ3n) is 3.05. The van der Waals surface area contributed by atoms with E-state index in [0.717, 1.165) is 32.0 Å². The van der Waals surface area contributed by atoms with E-state index in [0.29, 0.717) is 0 Å². The highest BCUT2D eigenvalue weighted by Gasteiger charge is 2.11. The minimum atomic E-state index is 0.0282. The van der Waals surface area contributed by atoms with Crippen LogP contribution in [0.4, 0.5) is 0 Å². The molecule has 4 heteroatoms. The molecule has 2 N–H and O–H groups in total. The number of aromatic nitrogens is 2. The summed E-state index contributed by atoms with van der Waals surface area (Å²) < 4.78 is 0. The summed E-state index contributed by atoms with van der Waals surface area (Å²) in [5.74, 6) is 0. The molecule has 0 bridgehead atoms. The van der Waals surface area contributed by atoms with E-state index in [-0.39, 0.29) is 6.04 Å². The molecule has 1 atom stereocenters. The van der Waals surface area contributed by atoms with Crippen molar-refractivity contribution in [2.45, 2.75) is 19.9 Å². The van der Waals surface area contributed by atoms with E-state index in [4.69, 9.17) is 5.73 Å². The molecule has 0 spiro atoms. The molecule has 0 aliphatic carbocycles. The van der Waals surface area contributed by atoms with Crippen molar-refractivity contribution in [1.29, 1.82) is 0 Å². The van der Waals surface area contributed by atoms with Gasteiger partial charge in [-0.2, -0.15) is 0 Å². The summed E-state index contributed by atoms with van der Waals surface area (Å²) >= 11 is 1.65. The second kappa shape index (κ2) is 4.72. The molecule has 3 aromatic rings. The number of aryl methyl sites for hydroxylation is 1. The molecular formula is C15H15N3S. The lowest BCUT2D eigenvalue weighted by molar-refractivity contribution is 0.835. The average Bonchev–Trinajstić information content (AvgIpc) is 2.87. The number of para-hydroxylation sites is 1. The van der Waals surface area contributed by atoms with E-state index < -0.39 is 0 Å². The summed E-state index contributed by atoms with van der Waals surface area (Å²) in [6.45, 7) is 3.99. The fourth-order valence-electron chi connectivity index (χ4n) is 2.11. The molecule has 0 saturated heterocycles. The molecule has 0 fully saturated rings. The van der Waals surface area contributed by atoms with Crippen LogP contribution >= 0.6 is 11.3 Å². The maximum atomic E-state index is 5.91. The molecule has 1 aromatic carbocycles. The van der Waals surface area contributed by atoms with Crippen molar-refractivity contribution in [1.82, 2.24) is 9.97 Å². The number of benzene rings is 1. The average molecular weight is 269 g/mol. The first-order chi connectivity index (χ1) is 9.15. The van der Waals surface area contributed by atoms with Crippen LogP contribution in [0.3, 0.4) is 0 Å². The van der Waals surface area contributed by atoms with Gasteiger partial charge in [-0.15, -0.1) is 11.3 Å². The lowest BCUT2D eigenvalue weighted by atomic mass is 10.1. The van der Waals surface area contributed by atoms with E-state index in [9.17, 15) is 0 Å². The Hall–Kier alpha value is -1.78. The Morgan fingerprint density at radius 3 is 2.79 bits per heavy atom. The first kappa shape index (κ1) is 12.3. The van der Waals surface area contributed by atoms with E-state index in [1.807, 2.05) is 38.2 Å². The van der Waals surface area contributed by atoms with E-state index in [1.54, 1.807) is 11.3 Å². The van der Waals surface area contributed by atoms with Crippen LogP contribution in [0.2, 0.25) is 0 Å². The van der Waals surface area contributed by atoms with Gasteiger partial charge >= 0.3 is 0 Å². The summed E-state index contributed by atoms with van der Waals surface area (Å²) in [6.07, 6.45) is 1.87. The number of nitrogens with two attached hydrogens (primary N) is 1. The minimum Gasteiger partial charge on any atom is -0.323 e. The van der Waals surface area contributed by atoms with Gasteiger partial charge in [0.1, 0.15) is 5.01 Å². The van der Waals surface area contributed by atoms with Gasteiger partial charge in [0.2, 0.25) is 0 Å². The minimum absolute atomic E-state index is 0.0282. The SMILES string of the molecule is Cc1cc(-c2ncc(C(C)N)s2)c2ccccc2n1. The lowest BCUT2D eigenvalue weighted by Crippen LogP contribution is -2.01. The molecule has 0 aliphatic heterocycles. The number of pyridine rings is 1. The Balaban J connectivity index is 2.23. The Kier molecular flexibility index (Phi) is 3.05. The van der Waals surface area contributed by atoms with Crippen LogP contribution in [0.15, 0.2) is 36.5 Å². The van der Waals surface area contributed by atoms with Crippen LogP contribution in [0.5, 0.6) is 0 Å². The first-order valence-electron chi connectivity index (χ1n) is 6.23. The fourth-order valence-corrected chi connectivity index (χ4v) is 3.01. The number of hydrogen-bond donors (Lipinski definition) is 1. The first-order valence-corrected chi connectivity index (χ1v) is 7.05. The zero-order valence-corrected chi connectivity index (χ0v) is 11.7. The maximum absolute atomic E-state index is 5.91. The zero-order chi connectivity index (χ0) is 13.4. The Bertz CT molecular complexity index is 731. The Labute approximate surface area is 116 Å². The van der Waals surface area contributed by atoms with Crippen molar-refractivity contribution in [3.8, 4) is 10.6 Å². The molecule has 96 valence electrons. The largest absolute Gasteiger partial charge is 0.323 e. The summed E-state index contributed by atoms with van der Waals surface area (Å²) in [6, 6.07) is 10.3. The predicted molar refractivity (Wildman–Crippen MR) is 80.2 cm³/mol. The zero-order valence-electron chi connectivity index (χ0n) is 10.9. The van der Waals surface area contributed by atoms with Gasteiger partial charge in [-0.05, 0) is 26.0 Å². The molecule has 0 aliphatic rings. The van der Waals surface area contributed by atoms with Crippen molar-refractivity contribution < 1.29 is 0 Å². The summed E-state index contributed by atoms with van der Waals surface area (Å²) in [5.41, 5.74) is 9.06. The van der Waals surface area contributed by atoms with Crippen LogP contribution in [0.25, 0.3) is 21.5 Å². The van der Waals surface area contributed by atoms with Crippen molar-refractivity contribution in [2.75, 3.05) is 0 Å². The van der Waals surface area contributed by atoms with Gasteiger partial charge in [0.05, 0.1) is 5.52 Å². The molecule has 0 radical (unpaired) electrons. The highest BCUT2D eigenvalue weighted by Crippen LogP contribution is 2.32. The monoisotopic (exact) mass is 269 g/mol. The molecule has 0 saturated carbocycles. The fraction of sp³-hybridized carbons (Fsp3) is 0.200. The van der Waals surface area contributed by atoms with Crippen LogP contribution in [-0.2, 0) is 0 Å². The topological polar surface area (TPSA) is 51.8 Å². The van der Waals surface area contributed by atoms with Gasteiger partial charge in [-0.25, -0.2) is 4.98 Å². The predicted octanol–water partition coefficient (Wildman–Crippen LogP) is 3.69. The van der Waals surface area contributed by atoms with Crippen LogP contribution in [-0.4, -0.2) is 9.97 Å². The van der Waals surface area contributed by atoms with Crippen molar-refractivity contribution in [3.63, 3.8) is 0 Å². The third-order valence-corrected chi connectivity index (χ3v) is 4.28. The Morgan fingerprint density at radius 1 is 1.26 bits per heavy atom. The van der Waals surface area contributed by atoms with Gasteiger partial charge in [-0.3, -0.25) is 4.98 Å². The van der Waals surface area contributed by atoms with Crippen molar-refractivity contribution in [2.24, 2.45) is 5.73 Å². The number of rotatable bonds is 2. The van der Waals surface area contributed by atoms with Gasteiger partial charge in [-0.1, -0.05) is 18.2 Å². The van der Waals surface area contributed by atoms with Crippen molar-refractivity contribution >= 4 is 22.2 Å². The van der Waals surface area contributed by atoms with Gasteiger partial charge in [0.25, 0.3) is 0 Å². The van der Waals surface area contributed by atoms with Crippen LogP contribution < -0.4 is 5.73 Å². The molecule has 1 unspecified atom stereocenters. The van der Waals surface area contributed by atoms with Gasteiger partial charge in [0.15, 0.2) is 0 Å². The molecule has 0 amide bonds. The standard InChI is InChI=1S/C15H15N3S/c1-9-7-12(11-5-3-4-6-13(11)18-9)15-17-8-14(19-15)10(2)16/h3-8,10H,16H2,1-2H3. The molecule has 19 heavy (non-hydrogen) atoms. The van der Waals surface area contributed by atoms with Gasteiger partial charge < -0.3 is 5.73 Å². The highest BCUT2D eigenvalue weighted by molar-refractivity contribution is 7.15. The summed E-state index contributed by atoms with van der Waals surface area (Å²) in [7, 11) is 0. The Morgan fingerprint density at radius 2 is 2.05 bits per heavy atom. The second-order valence-corrected chi connectivity index (χ2v) is 5.75. The normalized spacial score (nSPS) is 12.8. The molecule has 3 nitrogen and oxygen atoms in total. The molecular weight excluding hydrogens is 254 g/mol. The van der Waals surface area contributed by atoms with Crippen molar-refractivity contribution in [3.05, 3.63) is 47.1 Å². The van der Waals surface area contributed by atoms with E-state index >= 15 is 0 Å². The lowest BCUT2D eigenvalue weighted by Gasteiger charge is -2.05. The molecule has 3 rings (SSSR count).